The molecule has 2 unspecified atom stereocenters. The van der Waals surface area contributed by atoms with Crippen LogP contribution in [0.25, 0.3) is 0 Å². The Kier molecular flexibility index (Phi) is 2.59. The predicted molar refractivity (Wildman–Crippen MR) is 57.1 cm³/mol. The van der Waals surface area contributed by atoms with E-state index in [1.165, 1.54) is 24.1 Å². The van der Waals surface area contributed by atoms with E-state index in [9.17, 15) is 0 Å². The third-order valence-electron chi connectivity index (χ3n) is 3.32. The molecule has 0 radical (unpaired) electrons. The third-order valence-corrected chi connectivity index (χ3v) is 3.32. The van der Waals surface area contributed by atoms with Crippen molar-refractivity contribution in [3.8, 4) is 0 Å². The Labute approximate surface area is 85.3 Å². The molecule has 1 aliphatic rings. The van der Waals surface area contributed by atoms with Crippen molar-refractivity contribution in [3.63, 3.8) is 0 Å². The highest BCUT2D eigenvalue weighted by atomic mass is 15.3. The SMILES string of the molecule is CC1CCc2cn(C)nc2C1CCN. The summed E-state index contributed by atoms with van der Waals surface area (Å²) >= 11 is 0. The van der Waals surface area contributed by atoms with Gasteiger partial charge in [-0.05, 0) is 37.3 Å². The number of fused-ring (bicyclic) bond motifs is 1. The topological polar surface area (TPSA) is 43.8 Å². The predicted octanol–water partition coefficient (Wildman–Crippen LogP) is 1.43. The third kappa shape index (κ3) is 1.57. The van der Waals surface area contributed by atoms with Gasteiger partial charge in [-0.25, -0.2) is 0 Å². The molecule has 1 aromatic heterocycles. The van der Waals surface area contributed by atoms with E-state index >= 15 is 0 Å². The quantitative estimate of drug-likeness (QED) is 0.772. The summed E-state index contributed by atoms with van der Waals surface area (Å²) in [6.45, 7) is 3.09. The average molecular weight is 193 g/mol. The van der Waals surface area contributed by atoms with Crippen LogP contribution in [0, 0.1) is 5.92 Å². The lowest BCUT2D eigenvalue weighted by Gasteiger charge is -2.27. The fraction of sp³-hybridized carbons (Fsp3) is 0.727. The van der Waals surface area contributed by atoms with E-state index in [2.05, 4.69) is 18.2 Å². The number of aryl methyl sites for hydroxylation is 2. The lowest BCUT2D eigenvalue weighted by Crippen LogP contribution is -2.21. The highest BCUT2D eigenvalue weighted by Crippen LogP contribution is 2.36. The van der Waals surface area contributed by atoms with Crippen molar-refractivity contribution in [1.29, 1.82) is 0 Å². The minimum absolute atomic E-state index is 0.588. The molecule has 2 N–H and O–H groups in total. The zero-order valence-electron chi connectivity index (χ0n) is 9.03. The Balaban J connectivity index is 2.30. The fourth-order valence-electron chi connectivity index (χ4n) is 2.51. The van der Waals surface area contributed by atoms with Crippen LogP contribution in [0.4, 0.5) is 0 Å². The van der Waals surface area contributed by atoms with Gasteiger partial charge in [-0.1, -0.05) is 6.92 Å². The Morgan fingerprint density at radius 3 is 3.14 bits per heavy atom. The molecule has 0 fully saturated rings. The van der Waals surface area contributed by atoms with Gasteiger partial charge >= 0.3 is 0 Å². The van der Waals surface area contributed by atoms with Crippen LogP contribution < -0.4 is 5.73 Å². The van der Waals surface area contributed by atoms with Crippen LogP contribution in [-0.2, 0) is 13.5 Å². The number of nitrogens with zero attached hydrogens (tertiary/aromatic N) is 2. The van der Waals surface area contributed by atoms with E-state index < -0.39 is 0 Å². The molecule has 3 heteroatoms. The van der Waals surface area contributed by atoms with Crippen LogP contribution >= 0.6 is 0 Å². The normalized spacial score (nSPS) is 26.2. The van der Waals surface area contributed by atoms with E-state index in [0.717, 1.165) is 18.9 Å². The van der Waals surface area contributed by atoms with Crippen LogP contribution in [-0.4, -0.2) is 16.3 Å². The highest BCUT2D eigenvalue weighted by molar-refractivity contribution is 5.25. The molecule has 78 valence electrons. The molecule has 0 bridgehead atoms. The zero-order chi connectivity index (χ0) is 10.1. The van der Waals surface area contributed by atoms with Crippen LogP contribution in [0.3, 0.4) is 0 Å². The summed E-state index contributed by atoms with van der Waals surface area (Å²) in [6, 6.07) is 0. The van der Waals surface area contributed by atoms with Gasteiger partial charge in [0.1, 0.15) is 0 Å². The minimum atomic E-state index is 0.588. The van der Waals surface area contributed by atoms with Gasteiger partial charge in [-0.2, -0.15) is 5.10 Å². The maximum atomic E-state index is 5.65. The van der Waals surface area contributed by atoms with Crippen LogP contribution in [0.15, 0.2) is 6.20 Å². The summed E-state index contributed by atoms with van der Waals surface area (Å²) in [5, 5.41) is 4.56. The summed E-state index contributed by atoms with van der Waals surface area (Å²) in [7, 11) is 2.00. The number of rotatable bonds is 2. The van der Waals surface area contributed by atoms with Crippen molar-refractivity contribution in [2.45, 2.75) is 32.1 Å². The number of nitrogens with two attached hydrogens (primary N) is 1. The molecule has 0 saturated carbocycles. The van der Waals surface area contributed by atoms with Crippen LogP contribution in [0.2, 0.25) is 0 Å². The van der Waals surface area contributed by atoms with Crippen molar-refractivity contribution < 1.29 is 0 Å². The molecular formula is C11H19N3. The second-order valence-electron chi connectivity index (χ2n) is 4.41. The first-order valence-electron chi connectivity index (χ1n) is 5.45. The smallest absolute Gasteiger partial charge is 0.0690 e. The first kappa shape index (κ1) is 9.71. The van der Waals surface area contributed by atoms with Crippen molar-refractivity contribution in [1.82, 2.24) is 9.78 Å². The molecule has 2 atom stereocenters. The standard InChI is InChI=1S/C11H19N3/c1-8-3-4-9-7-14(2)13-11(9)10(8)5-6-12/h7-8,10H,3-6,12H2,1-2H3. The summed E-state index contributed by atoms with van der Waals surface area (Å²) in [4.78, 5) is 0. The number of hydrogen-bond donors (Lipinski definition) is 1. The Hall–Kier alpha value is -0.830. The lowest BCUT2D eigenvalue weighted by atomic mass is 9.78. The fourth-order valence-corrected chi connectivity index (χ4v) is 2.51. The molecule has 0 aromatic carbocycles. The lowest BCUT2D eigenvalue weighted by molar-refractivity contribution is 0.379. The van der Waals surface area contributed by atoms with E-state index in [0.29, 0.717) is 5.92 Å². The van der Waals surface area contributed by atoms with Gasteiger partial charge in [0.15, 0.2) is 0 Å². The molecule has 2 rings (SSSR count). The molecule has 14 heavy (non-hydrogen) atoms. The maximum absolute atomic E-state index is 5.65. The molecule has 0 saturated heterocycles. The first-order valence-corrected chi connectivity index (χ1v) is 5.45. The van der Waals surface area contributed by atoms with Gasteiger partial charge in [0.2, 0.25) is 0 Å². The van der Waals surface area contributed by atoms with Gasteiger partial charge in [0.25, 0.3) is 0 Å². The summed E-state index contributed by atoms with van der Waals surface area (Å²) in [5.41, 5.74) is 8.39. The van der Waals surface area contributed by atoms with Gasteiger partial charge < -0.3 is 5.73 Å². The van der Waals surface area contributed by atoms with Crippen molar-refractivity contribution in [2.24, 2.45) is 18.7 Å². The van der Waals surface area contributed by atoms with Crippen molar-refractivity contribution >= 4 is 0 Å². The molecule has 1 aromatic rings. The molecule has 0 spiro atoms. The van der Waals surface area contributed by atoms with Crippen molar-refractivity contribution in [3.05, 3.63) is 17.5 Å². The number of aromatic nitrogens is 2. The Morgan fingerprint density at radius 1 is 1.64 bits per heavy atom. The van der Waals surface area contributed by atoms with E-state index in [1.54, 1.807) is 0 Å². The zero-order valence-corrected chi connectivity index (χ0v) is 9.03. The number of hydrogen-bond acceptors (Lipinski definition) is 2. The average Bonchev–Trinajstić information content (AvgIpc) is 2.51. The molecule has 0 aliphatic heterocycles. The molecule has 0 amide bonds. The maximum Gasteiger partial charge on any atom is 0.0690 e. The van der Waals surface area contributed by atoms with Crippen LogP contribution in [0.1, 0.15) is 36.9 Å². The minimum Gasteiger partial charge on any atom is -0.330 e. The molecular weight excluding hydrogens is 174 g/mol. The van der Waals surface area contributed by atoms with Gasteiger partial charge in [0.05, 0.1) is 5.69 Å². The van der Waals surface area contributed by atoms with Crippen molar-refractivity contribution in [2.75, 3.05) is 6.54 Å². The molecule has 3 nitrogen and oxygen atoms in total. The van der Waals surface area contributed by atoms with E-state index in [4.69, 9.17) is 5.73 Å². The highest BCUT2D eigenvalue weighted by Gasteiger charge is 2.28. The summed E-state index contributed by atoms with van der Waals surface area (Å²) in [6.07, 6.45) is 5.70. The van der Waals surface area contributed by atoms with Gasteiger partial charge in [-0.15, -0.1) is 0 Å². The van der Waals surface area contributed by atoms with Gasteiger partial charge in [0, 0.05) is 19.2 Å². The summed E-state index contributed by atoms with van der Waals surface area (Å²) < 4.78 is 1.94. The monoisotopic (exact) mass is 193 g/mol. The largest absolute Gasteiger partial charge is 0.330 e. The van der Waals surface area contributed by atoms with E-state index in [1.807, 2.05) is 11.7 Å². The van der Waals surface area contributed by atoms with Crippen LogP contribution in [0.5, 0.6) is 0 Å². The summed E-state index contributed by atoms with van der Waals surface area (Å²) in [5.74, 6) is 1.32. The molecule has 1 aliphatic carbocycles. The second kappa shape index (κ2) is 3.73. The van der Waals surface area contributed by atoms with Gasteiger partial charge in [-0.3, -0.25) is 4.68 Å². The first-order chi connectivity index (χ1) is 6.72. The Morgan fingerprint density at radius 2 is 2.43 bits per heavy atom. The Bertz CT molecular complexity index is 316. The molecule has 1 heterocycles. The second-order valence-corrected chi connectivity index (χ2v) is 4.41. The van der Waals surface area contributed by atoms with E-state index in [-0.39, 0.29) is 0 Å².